The first kappa shape index (κ1) is 23.8. The predicted octanol–water partition coefficient (Wildman–Crippen LogP) is 6.46. The largest absolute Gasteiger partial charge is 0.483 e. The molecule has 2 atom stereocenters. The minimum Gasteiger partial charge on any atom is -0.483 e. The summed E-state index contributed by atoms with van der Waals surface area (Å²) in [5, 5.41) is 15.3. The van der Waals surface area contributed by atoms with Crippen molar-refractivity contribution in [2.75, 3.05) is 18.0 Å². The molecule has 36 heavy (non-hydrogen) atoms. The maximum atomic E-state index is 14.7. The van der Waals surface area contributed by atoms with Gasteiger partial charge in [0.15, 0.2) is 11.6 Å². The van der Waals surface area contributed by atoms with Gasteiger partial charge in [-0.25, -0.2) is 13.6 Å². The molecule has 0 saturated heterocycles. The molecular formula is C29H26F2N2O3. The molecule has 0 spiro atoms. The van der Waals surface area contributed by atoms with E-state index in [-0.39, 0.29) is 17.9 Å². The molecule has 5 rings (SSSR count). The van der Waals surface area contributed by atoms with Gasteiger partial charge in [0, 0.05) is 11.7 Å². The number of benzene rings is 4. The van der Waals surface area contributed by atoms with Crippen molar-refractivity contribution in [2.45, 2.75) is 25.5 Å². The van der Waals surface area contributed by atoms with Crippen molar-refractivity contribution in [1.29, 1.82) is 0 Å². The highest BCUT2D eigenvalue weighted by Crippen LogP contribution is 2.40. The number of halogens is 2. The van der Waals surface area contributed by atoms with Crippen LogP contribution in [-0.4, -0.2) is 30.3 Å². The van der Waals surface area contributed by atoms with Gasteiger partial charge in [-0.3, -0.25) is 0 Å². The van der Waals surface area contributed by atoms with Crippen LogP contribution in [0.2, 0.25) is 0 Å². The molecule has 1 aliphatic heterocycles. The maximum Gasteiger partial charge on any atom is 0.338 e. The number of aromatic carboxylic acids is 1. The Hall–Kier alpha value is -3.97. The predicted molar refractivity (Wildman–Crippen MR) is 136 cm³/mol. The van der Waals surface area contributed by atoms with Gasteiger partial charge in [-0.1, -0.05) is 48.5 Å². The molecule has 2 N–H and O–H groups in total. The quantitative estimate of drug-likeness (QED) is 0.313. The number of carboxylic acid groups (broad SMARTS) is 1. The van der Waals surface area contributed by atoms with Crippen LogP contribution in [0.1, 0.15) is 35.3 Å². The average Bonchev–Trinajstić information content (AvgIpc) is 2.88. The van der Waals surface area contributed by atoms with Crippen LogP contribution in [0.4, 0.5) is 20.2 Å². The lowest BCUT2D eigenvalue weighted by atomic mass is 9.99. The minimum atomic E-state index is -1.36. The number of para-hydroxylation sites is 1. The Labute approximate surface area is 207 Å². The number of carboxylic acids is 1. The second-order valence-corrected chi connectivity index (χ2v) is 8.94. The number of anilines is 2. The number of carbonyl (C=O) groups is 1. The van der Waals surface area contributed by atoms with Crippen molar-refractivity contribution < 1.29 is 23.4 Å². The summed E-state index contributed by atoms with van der Waals surface area (Å²) >= 11 is 0. The monoisotopic (exact) mass is 488 g/mol. The van der Waals surface area contributed by atoms with E-state index in [4.69, 9.17) is 4.74 Å². The molecule has 1 heterocycles. The van der Waals surface area contributed by atoms with E-state index in [1.165, 1.54) is 34.5 Å². The number of hydrogen-bond donors (Lipinski definition) is 2. The molecule has 0 bridgehead atoms. The second-order valence-electron chi connectivity index (χ2n) is 8.94. The van der Waals surface area contributed by atoms with Crippen LogP contribution < -0.4 is 15.0 Å². The zero-order chi connectivity index (χ0) is 25.2. The standard InChI is InChI=1S/C29H26F2N2O3/c1-18(22-9-4-7-19-6-2-3-8-23(19)22)32-15-14-21-17-33(27-11-5-10-26(31)28(27)36-21)20-12-13-25(30)24(16-20)29(34)35/h2-13,16,18,21,32H,14-15,17H2,1H3,(H,34,35)/t18-,21?/m1/s1. The third kappa shape index (κ3) is 4.62. The fourth-order valence-corrected chi connectivity index (χ4v) is 4.77. The van der Waals surface area contributed by atoms with Gasteiger partial charge in [-0.15, -0.1) is 0 Å². The van der Waals surface area contributed by atoms with Gasteiger partial charge in [0.05, 0.1) is 17.8 Å². The number of nitrogens with one attached hydrogen (secondary N) is 1. The summed E-state index contributed by atoms with van der Waals surface area (Å²) in [6.07, 6.45) is 0.228. The highest BCUT2D eigenvalue weighted by Gasteiger charge is 2.29. The first-order valence-electron chi connectivity index (χ1n) is 11.9. The summed E-state index contributed by atoms with van der Waals surface area (Å²) in [4.78, 5) is 13.3. The number of ether oxygens (including phenoxy) is 1. The molecule has 7 heteroatoms. The van der Waals surface area contributed by atoms with E-state index >= 15 is 0 Å². The SMILES string of the molecule is C[C@@H](NCCC1CN(c2ccc(F)c(C(=O)O)c2)c2cccc(F)c2O1)c1cccc2ccccc12. The topological polar surface area (TPSA) is 61.8 Å². The number of fused-ring (bicyclic) bond motifs is 2. The van der Waals surface area contributed by atoms with E-state index in [0.29, 0.717) is 30.9 Å². The third-order valence-corrected chi connectivity index (χ3v) is 6.61. The van der Waals surface area contributed by atoms with Crippen LogP contribution in [0.15, 0.2) is 78.9 Å². The zero-order valence-corrected chi connectivity index (χ0v) is 19.7. The van der Waals surface area contributed by atoms with Crippen LogP contribution in [-0.2, 0) is 0 Å². The van der Waals surface area contributed by atoms with Crippen molar-refractivity contribution in [1.82, 2.24) is 5.32 Å². The van der Waals surface area contributed by atoms with Crippen molar-refractivity contribution in [2.24, 2.45) is 0 Å². The lowest BCUT2D eigenvalue weighted by molar-refractivity contribution is 0.0692. The molecule has 4 aromatic carbocycles. The van der Waals surface area contributed by atoms with Crippen molar-refractivity contribution in [3.63, 3.8) is 0 Å². The minimum absolute atomic E-state index is 0.0926. The van der Waals surface area contributed by atoms with Gasteiger partial charge in [0.2, 0.25) is 0 Å². The van der Waals surface area contributed by atoms with E-state index in [2.05, 4.69) is 36.5 Å². The maximum absolute atomic E-state index is 14.7. The normalized spacial score (nSPS) is 15.9. The second kappa shape index (κ2) is 9.95. The highest BCUT2D eigenvalue weighted by molar-refractivity contribution is 5.90. The molecule has 0 amide bonds. The van der Waals surface area contributed by atoms with Crippen LogP contribution >= 0.6 is 0 Å². The summed E-state index contributed by atoms with van der Waals surface area (Å²) in [6.45, 7) is 3.10. The van der Waals surface area contributed by atoms with Gasteiger partial charge in [0.1, 0.15) is 11.9 Å². The number of rotatable bonds is 7. The fourth-order valence-electron chi connectivity index (χ4n) is 4.77. The van der Waals surface area contributed by atoms with E-state index in [1.54, 1.807) is 17.0 Å². The molecule has 0 aliphatic carbocycles. The highest BCUT2D eigenvalue weighted by atomic mass is 19.1. The van der Waals surface area contributed by atoms with Gasteiger partial charge in [-0.05, 0) is 66.6 Å². The summed E-state index contributed by atoms with van der Waals surface area (Å²) in [7, 11) is 0. The molecule has 5 nitrogen and oxygen atoms in total. The summed E-state index contributed by atoms with van der Waals surface area (Å²) in [5.41, 5.74) is 1.71. The Morgan fingerprint density at radius 1 is 1.06 bits per heavy atom. The number of nitrogens with zero attached hydrogens (tertiary/aromatic N) is 1. The van der Waals surface area contributed by atoms with Crippen molar-refractivity contribution >= 4 is 28.1 Å². The van der Waals surface area contributed by atoms with Gasteiger partial charge in [-0.2, -0.15) is 0 Å². The van der Waals surface area contributed by atoms with Crippen LogP contribution in [0.5, 0.6) is 5.75 Å². The van der Waals surface area contributed by atoms with Crippen molar-refractivity contribution in [3.05, 3.63) is 102 Å². The lowest BCUT2D eigenvalue weighted by Crippen LogP contribution is -2.39. The summed E-state index contributed by atoms with van der Waals surface area (Å²) in [6, 6.07) is 23.1. The van der Waals surface area contributed by atoms with E-state index in [9.17, 15) is 18.7 Å². The smallest absolute Gasteiger partial charge is 0.338 e. The Morgan fingerprint density at radius 3 is 2.67 bits per heavy atom. The Morgan fingerprint density at radius 2 is 1.83 bits per heavy atom. The van der Waals surface area contributed by atoms with E-state index in [0.717, 1.165) is 6.07 Å². The Balaban J connectivity index is 1.34. The van der Waals surface area contributed by atoms with Gasteiger partial charge < -0.3 is 20.1 Å². The first-order chi connectivity index (χ1) is 17.4. The average molecular weight is 489 g/mol. The lowest BCUT2D eigenvalue weighted by Gasteiger charge is -2.36. The molecule has 184 valence electrons. The van der Waals surface area contributed by atoms with E-state index < -0.39 is 23.2 Å². The molecular weight excluding hydrogens is 462 g/mol. The molecule has 0 radical (unpaired) electrons. The molecule has 0 saturated carbocycles. The van der Waals surface area contributed by atoms with Crippen LogP contribution in [0.25, 0.3) is 10.8 Å². The summed E-state index contributed by atoms with van der Waals surface area (Å²) < 4.78 is 34.7. The molecule has 0 aromatic heterocycles. The fraction of sp³-hybridized carbons (Fsp3) is 0.207. The van der Waals surface area contributed by atoms with Crippen molar-refractivity contribution in [3.8, 4) is 5.75 Å². The first-order valence-corrected chi connectivity index (χ1v) is 11.9. The summed E-state index contributed by atoms with van der Waals surface area (Å²) in [5.74, 6) is -2.57. The molecule has 1 aliphatic rings. The Kier molecular flexibility index (Phi) is 6.57. The van der Waals surface area contributed by atoms with Crippen LogP contribution in [0.3, 0.4) is 0 Å². The third-order valence-electron chi connectivity index (χ3n) is 6.61. The Bertz CT molecular complexity index is 1420. The molecule has 1 unspecified atom stereocenters. The molecule has 4 aromatic rings. The van der Waals surface area contributed by atoms with E-state index in [1.807, 2.05) is 18.2 Å². The number of hydrogen-bond acceptors (Lipinski definition) is 4. The van der Waals surface area contributed by atoms with Gasteiger partial charge in [0.25, 0.3) is 0 Å². The van der Waals surface area contributed by atoms with Gasteiger partial charge >= 0.3 is 5.97 Å². The molecule has 0 fully saturated rings. The zero-order valence-electron chi connectivity index (χ0n) is 19.7. The van der Waals surface area contributed by atoms with Crippen LogP contribution in [0, 0.1) is 11.6 Å².